The number of hydrogen-bond donors (Lipinski definition) is 2. The Hall–Kier alpha value is -1.26. The summed E-state index contributed by atoms with van der Waals surface area (Å²) >= 11 is 0. The summed E-state index contributed by atoms with van der Waals surface area (Å²) in [5, 5.41) is 11.5. The van der Waals surface area contributed by atoms with Crippen LogP contribution in [0.3, 0.4) is 0 Å². The van der Waals surface area contributed by atoms with E-state index in [1.807, 2.05) is 0 Å². The smallest absolute Gasteiger partial charge is 0.317 e. The Kier molecular flexibility index (Phi) is 4.37. The molecule has 0 aliphatic carbocycles. The van der Waals surface area contributed by atoms with Crippen molar-refractivity contribution >= 4 is 12.0 Å². The van der Waals surface area contributed by atoms with Crippen LogP contribution in [0.1, 0.15) is 33.6 Å². The van der Waals surface area contributed by atoms with E-state index in [0.29, 0.717) is 13.0 Å². The van der Waals surface area contributed by atoms with Crippen LogP contribution in [0.2, 0.25) is 0 Å². The van der Waals surface area contributed by atoms with Crippen molar-refractivity contribution < 1.29 is 14.7 Å². The molecule has 1 saturated heterocycles. The largest absolute Gasteiger partial charge is 0.481 e. The first-order valence-corrected chi connectivity index (χ1v) is 6.07. The lowest BCUT2D eigenvalue weighted by atomic mass is 9.93. The van der Waals surface area contributed by atoms with Crippen molar-refractivity contribution in [3.8, 4) is 0 Å². The number of carboxylic acid groups (broad SMARTS) is 1. The average Bonchev–Trinajstić information content (AvgIpc) is 2.58. The van der Waals surface area contributed by atoms with Crippen molar-refractivity contribution in [1.29, 1.82) is 0 Å². The summed E-state index contributed by atoms with van der Waals surface area (Å²) in [6.07, 6.45) is 1.49. The number of rotatable bonds is 4. The highest BCUT2D eigenvalue weighted by Gasteiger charge is 2.31. The molecule has 0 bridgehead atoms. The van der Waals surface area contributed by atoms with Gasteiger partial charge in [0.15, 0.2) is 0 Å². The molecule has 1 aliphatic rings. The van der Waals surface area contributed by atoms with Gasteiger partial charge in [0.25, 0.3) is 0 Å². The number of nitrogens with zero attached hydrogens (tertiary/aromatic N) is 1. The van der Waals surface area contributed by atoms with E-state index in [4.69, 9.17) is 5.11 Å². The lowest BCUT2D eigenvalue weighted by molar-refractivity contribution is -0.141. The number of aliphatic carboxylic acids is 1. The molecule has 1 heterocycles. The number of amides is 2. The second-order valence-electron chi connectivity index (χ2n) is 5.60. The third-order valence-corrected chi connectivity index (χ3v) is 3.24. The summed E-state index contributed by atoms with van der Waals surface area (Å²) in [6.45, 7) is 7.91. The fraction of sp³-hybridized carbons (Fsp3) is 0.833. The molecule has 1 fully saturated rings. The predicted octanol–water partition coefficient (Wildman–Crippen LogP) is 1.54. The van der Waals surface area contributed by atoms with Crippen molar-refractivity contribution in [2.24, 2.45) is 11.3 Å². The van der Waals surface area contributed by atoms with E-state index in [1.165, 1.54) is 0 Å². The van der Waals surface area contributed by atoms with Gasteiger partial charge in [-0.05, 0) is 18.3 Å². The van der Waals surface area contributed by atoms with E-state index in [1.54, 1.807) is 11.8 Å². The summed E-state index contributed by atoms with van der Waals surface area (Å²) in [5.74, 6) is -1.23. The maximum Gasteiger partial charge on any atom is 0.317 e. The highest BCUT2D eigenvalue weighted by atomic mass is 16.4. The van der Waals surface area contributed by atoms with Gasteiger partial charge in [0.1, 0.15) is 0 Å². The van der Waals surface area contributed by atoms with Gasteiger partial charge in [-0.3, -0.25) is 4.79 Å². The summed E-state index contributed by atoms with van der Waals surface area (Å²) in [4.78, 5) is 24.1. The topological polar surface area (TPSA) is 69.6 Å². The van der Waals surface area contributed by atoms with Crippen LogP contribution < -0.4 is 5.32 Å². The van der Waals surface area contributed by atoms with Crippen molar-refractivity contribution in [2.75, 3.05) is 19.6 Å². The molecule has 5 heteroatoms. The quantitative estimate of drug-likeness (QED) is 0.785. The zero-order chi connectivity index (χ0) is 13.1. The molecule has 0 aromatic carbocycles. The minimum atomic E-state index is -0.818. The maximum atomic E-state index is 11.8. The highest BCUT2D eigenvalue weighted by molar-refractivity contribution is 5.74. The minimum absolute atomic E-state index is 0.0758. The first-order valence-electron chi connectivity index (χ1n) is 6.07. The molecular formula is C12H22N2O3. The van der Waals surface area contributed by atoms with Crippen LogP contribution in [0.5, 0.6) is 0 Å². The first kappa shape index (κ1) is 13.8. The number of nitrogens with one attached hydrogen (secondary N) is 1. The van der Waals surface area contributed by atoms with Crippen LogP contribution in [0.15, 0.2) is 0 Å². The molecule has 0 aromatic rings. The minimum Gasteiger partial charge on any atom is -0.481 e. The van der Waals surface area contributed by atoms with Crippen LogP contribution >= 0.6 is 0 Å². The van der Waals surface area contributed by atoms with Crippen molar-refractivity contribution in [3.05, 3.63) is 0 Å². The van der Waals surface area contributed by atoms with Crippen LogP contribution in [-0.2, 0) is 4.79 Å². The van der Waals surface area contributed by atoms with E-state index in [2.05, 4.69) is 19.2 Å². The Balaban J connectivity index is 2.25. The number of carbonyl (C=O) groups excluding carboxylic acids is 1. The number of urea groups is 1. The zero-order valence-electron chi connectivity index (χ0n) is 10.8. The molecule has 2 amide bonds. The van der Waals surface area contributed by atoms with Gasteiger partial charge in [0, 0.05) is 19.6 Å². The maximum absolute atomic E-state index is 11.8. The molecule has 0 saturated carbocycles. The molecule has 17 heavy (non-hydrogen) atoms. The molecule has 1 aliphatic heterocycles. The van der Waals surface area contributed by atoms with Crippen molar-refractivity contribution in [2.45, 2.75) is 33.6 Å². The van der Waals surface area contributed by atoms with Crippen LogP contribution in [0.4, 0.5) is 4.79 Å². The van der Waals surface area contributed by atoms with Gasteiger partial charge in [-0.15, -0.1) is 0 Å². The van der Waals surface area contributed by atoms with Gasteiger partial charge < -0.3 is 15.3 Å². The van der Waals surface area contributed by atoms with Gasteiger partial charge in [0.2, 0.25) is 0 Å². The molecule has 2 N–H and O–H groups in total. The fourth-order valence-electron chi connectivity index (χ4n) is 1.92. The van der Waals surface area contributed by atoms with E-state index in [0.717, 1.165) is 19.5 Å². The molecule has 98 valence electrons. The van der Waals surface area contributed by atoms with Gasteiger partial charge in [-0.1, -0.05) is 20.8 Å². The first-order chi connectivity index (χ1) is 7.82. The number of hydrogen-bond acceptors (Lipinski definition) is 2. The molecule has 1 rings (SSSR count). The number of carboxylic acids is 1. The Morgan fingerprint density at radius 2 is 2.12 bits per heavy atom. The lowest BCUT2D eigenvalue weighted by Gasteiger charge is -2.20. The Bertz CT molecular complexity index is 302. The molecule has 0 radical (unpaired) electrons. The molecule has 1 unspecified atom stereocenters. The zero-order valence-corrected chi connectivity index (χ0v) is 10.8. The fourth-order valence-corrected chi connectivity index (χ4v) is 1.92. The summed E-state index contributed by atoms with van der Waals surface area (Å²) in [6, 6.07) is -0.0758. The van der Waals surface area contributed by atoms with Gasteiger partial charge in [-0.25, -0.2) is 4.79 Å². The molecule has 0 spiro atoms. The Morgan fingerprint density at radius 1 is 1.47 bits per heavy atom. The summed E-state index contributed by atoms with van der Waals surface area (Å²) in [5.41, 5.74) is 0.200. The summed E-state index contributed by atoms with van der Waals surface area (Å²) < 4.78 is 0. The van der Waals surface area contributed by atoms with E-state index < -0.39 is 11.9 Å². The molecular weight excluding hydrogens is 220 g/mol. The Morgan fingerprint density at radius 3 is 2.59 bits per heavy atom. The second kappa shape index (κ2) is 5.38. The van der Waals surface area contributed by atoms with Crippen LogP contribution in [0, 0.1) is 11.3 Å². The van der Waals surface area contributed by atoms with Crippen LogP contribution in [-0.4, -0.2) is 41.6 Å². The summed E-state index contributed by atoms with van der Waals surface area (Å²) in [7, 11) is 0. The van der Waals surface area contributed by atoms with Gasteiger partial charge in [0.05, 0.1) is 5.92 Å². The van der Waals surface area contributed by atoms with E-state index in [9.17, 15) is 9.59 Å². The monoisotopic (exact) mass is 242 g/mol. The Labute approximate surface area is 102 Å². The SMILES string of the molecule is CC(CCNC(=O)N1CCC(C)(C)C1)C(=O)O. The van der Waals surface area contributed by atoms with Crippen molar-refractivity contribution in [3.63, 3.8) is 0 Å². The van der Waals surface area contributed by atoms with E-state index in [-0.39, 0.29) is 11.4 Å². The standard InChI is InChI=1S/C12H22N2O3/c1-9(10(15)16)4-6-13-11(17)14-7-5-12(2,3)8-14/h9H,4-8H2,1-3H3,(H,13,17)(H,15,16). The molecule has 0 aromatic heterocycles. The lowest BCUT2D eigenvalue weighted by Crippen LogP contribution is -2.40. The second-order valence-corrected chi connectivity index (χ2v) is 5.60. The molecule has 1 atom stereocenters. The number of carbonyl (C=O) groups is 2. The highest BCUT2D eigenvalue weighted by Crippen LogP contribution is 2.28. The normalized spacial score (nSPS) is 20.1. The van der Waals surface area contributed by atoms with Crippen molar-refractivity contribution in [1.82, 2.24) is 10.2 Å². The predicted molar refractivity (Wildman–Crippen MR) is 64.8 cm³/mol. The van der Waals surface area contributed by atoms with Crippen LogP contribution in [0.25, 0.3) is 0 Å². The third-order valence-electron chi connectivity index (χ3n) is 3.24. The molecule has 5 nitrogen and oxygen atoms in total. The third kappa shape index (κ3) is 4.24. The van der Waals surface area contributed by atoms with Gasteiger partial charge in [-0.2, -0.15) is 0 Å². The average molecular weight is 242 g/mol. The van der Waals surface area contributed by atoms with Gasteiger partial charge >= 0.3 is 12.0 Å². The van der Waals surface area contributed by atoms with E-state index >= 15 is 0 Å². The number of likely N-dealkylation sites (tertiary alicyclic amines) is 1.